The molecule has 0 aliphatic rings. The molecule has 0 saturated carbocycles. The van der Waals surface area contributed by atoms with E-state index in [1.165, 1.54) is 0 Å². The number of aldehydes is 2. The molecule has 0 bridgehead atoms. The summed E-state index contributed by atoms with van der Waals surface area (Å²) in [4.78, 5) is 25.2. The van der Waals surface area contributed by atoms with Crippen molar-refractivity contribution < 1.29 is 40.2 Å². The molecular weight excluding hydrogens is 463 g/mol. The predicted octanol–water partition coefficient (Wildman–Crippen LogP) is 4.10. The summed E-state index contributed by atoms with van der Waals surface area (Å²) in [6.07, 6.45) is 1.31. The summed E-state index contributed by atoms with van der Waals surface area (Å²) in [5, 5.41) is 18.9. The normalized spacial score (nSPS) is 9.52. The van der Waals surface area contributed by atoms with Crippen LogP contribution in [-0.4, -0.2) is 49.0 Å². The number of carbonyl (C=O) groups excluding carboxylic acids is 2. The maximum atomic E-state index is 10.5. The molecule has 0 saturated heterocycles. The SMILES string of the molecule is CCN(CC)c1ccc(C=O)c(O)c1.CCN(CC)c1ccc(C=O)c(O)c1.[Pd]. The van der Waals surface area contributed by atoms with Gasteiger partial charge in [-0.1, -0.05) is 0 Å². The Labute approximate surface area is 186 Å². The third kappa shape index (κ3) is 7.53. The van der Waals surface area contributed by atoms with E-state index in [4.69, 9.17) is 0 Å². The molecule has 0 atom stereocenters. The minimum absolute atomic E-state index is 0. The molecule has 0 radical (unpaired) electrons. The van der Waals surface area contributed by atoms with Crippen LogP contribution >= 0.6 is 0 Å². The molecule has 0 amide bonds. The Morgan fingerprint density at radius 2 is 1.00 bits per heavy atom. The summed E-state index contributed by atoms with van der Waals surface area (Å²) in [6, 6.07) is 10.2. The van der Waals surface area contributed by atoms with Crippen LogP contribution in [0.15, 0.2) is 36.4 Å². The van der Waals surface area contributed by atoms with Crippen molar-refractivity contribution in [1.29, 1.82) is 0 Å². The van der Waals surface area contributed by atoms with Crippen molar-refractivity contribution in [3.63, 3.8) is 0 Å². The van der Waals surface area contributed by atoms with E-state index in [0.29, 0.717) is 23.7 Å². The smallest absolute Gasteiger partial charge is 0.153 e. The second-order valence-corrected chi connectivity index (χ2v) is 6.07. The molecule has 7 heteroatoms. The van der Waals surface area contributed by atoms with Gasteiger partial charge < -0.3 is 20.0 Å². The number of hydrogen-bond acceptors (Lipinski definition) is 6. The summed E-state index contributed by atoms with van der Waals surface area (Å²) in [6.45, 7) is 11.7. The number of phenols is 2. The molecular formula is C22H30N2O4Pd. The van der Waals surface area contributed by atoms with E-state index in [1.807, 2.05) is 39.8 Å². The van der Waals surface area contributed by atoms with Crippen molar-refractivity contribution in [2.45, 2.75) is 27.7 Å². The summed E-state index contributed by atoms with van der Waals surface area (Å²) < 4.78 is 0. The van der Waals surface area contributed by atoms with Crippen LogP contribution in [0, 0.1) is 0 Å². The first-order valence-corrected chi connectivity index (χ1v) is 9.51. The van der Waals surface area contributed by atoms with Crippen molar-refractivity contribution >= 4 is 23.9 Å². The van der Waals surface area contributed by atoms with Crippen LogP contribution < -0.4 is 9.80 Å². The molecule has 6 nitrogen and oxygen atoms in total. The maximum Gasteiger partial charge on any atom is 0.153 e. The second kappa shape index (κ2) is 13.8. The van der Waals surface area contributed by atoms with Crippen molar-refractivity contribution in [2.75, 3.05) is 36.0 Å². The summed E-state index contributed by atoms with van der Waals surface area (Å²) in [5.74, 6) is 0.0915. The van der Waals surface area contributed by atoms with Crippen molar-refractivity contribution in [1.82, 2.24) is 0 Å². The summed E-state index contributed by atoms with van der Waals surface area (Å²) in [7, 11) is 0. The Morgan fingerprint density at radius 1 is 0.690 bits per heavy atom. The number of rotatable bonds is 8. The number of carbonyl (C=O) groups is 2. The first-order chi connectivity index (χ1) is 13.4. The molecule has 0 aliphatic carbocycles. The van der Waals surface area contributed by atoms with Crippen LogP contribution in [0.1, 0.15) is 48.4 Å². The van der Waals surface area contributed by atoms with Crippen LogP contribution in [0.2, 0.25) is 0 Å². The van der Waals surface area contributed by atoms with Gasteiger partial charge in [-0.2, -0.15) is 0 Å². The molecule has 29 heavy (non-hydrogen) atoms. The van der Waals surface area contributed by atoms with E-state index >= 15 is 0 Å². The number of anilines is 2. The number of nitrogens with zero attached hydrogens (tertiary/aromatic N) is 2. The van der Waals surface area contributed by atoms with Gasteiger partial charge in [-0.15, -0.1) is 0 Å². The molecule has 0 fully saturated rings. The molecule has 0 spiro atoms. The Hall–Kier alpha value is -2.36. The van der Waals surface area contributed by atoms with Crippen LogP contribution in [-0.2, 0) is 20.4 Å². The van der Waals surface area contributed by atoms with Crippen LogP contribution in [0.4, 0.5) is 11.4 Å². The Bertz CT molecular complexity index is 710. The van der Waals surface area contributed by atoms with Gasteiger partial charge in [0.25, 0.3) is 0 Å². The van der Waals surface area contributed by atoms with Gasteiger partial charge in [0, 0.05) is 70.1 Å². The second-order valence-electron chi connectivity index (χ2n) is 6.07. The standard InChI is InChI=1S/2C11H15NO2.Pd/c2*1-3-12(4-2)10-6-5-9(8-13)11(14)7-10;/h2*5-8,14H,3-4H2,1-2H3;. The molecule has 0 heterocycles. The van der Waals surface area contributed by atoms with Crippen LogP contribution in [0.5, 0.6) is 11.5 Å². The Balaban J connectivity index is 0.000000523. The maximum absolute atomic E-state index is 10.5. The molecule has 0 unspecified atom stereocenters. The van der Waals surface area contributed by atoms with Gasteiger partial charge in [-0.3, -0.25) is 9.59 Å². The van der Waals surface area contributed by atoms with E-state index < -0.39 is 0 Å². The fourth-order valence-electron chi connectivity index (χ4n) is 2.83. The van der Waals surface area contributed by atoms with Crippen LogP contribution in [0.25, 0.3) is 0 Å². The van der Waals surface area contributed by atoms with E-state index in [9.17, 15) is 19.8 Å². The summed E-state index contributed by atoms with van der Waals surface area (Å²) >= 11 is 0. The van der Waals surface area contributed by atoms with Crippen molar-refractivity contribution in [3.8, 4) is 11.5 Å². The molecule has 162 valence electrons. The third-order valence-electron chi connectivity index (χ3n) is 4.54. The predicted molar refractivity (Wildman–Crippen MR) is 114 cm³/mol. The molecule has 0 aliphatic heterocycles. The minimum atomic E-state index is 0. The molecule has 2 N–H and O–H groups in total. The topological polar surface area (TPSA) is 81.1 Å². The zero-order chi connectivity index (χ0) is 21.1. The summed E-state index contributed by atoms with van der Waals surface area (Å²) in [5.41, 5.74) is 2.55. The number of aromatic hydroxyl groups is 2. The fourth-order valence-corrected chi connectivity index (χ4v) is 2.83. The number of phenolic OH excluding ortho intramolecular Hbond substituents is 2. The molecule has 2 aromatic rings. The van der Waals surface area contributed by atoms with Gasteiger partial charge in [-0.25, -0.2) is 0 Å². The van der Waals surface area contributed by atoms with Crippen LogP contribution in [0.3, 0.4) is 0 Å². The van der Waals surface area contributed by atoms with Gasteiger partial charge in [0.1, 0.15) is 11.5 Å². The van der Waals surface area contributed by atoms with Crippen molar-refractivity contribution in [3.05, 3.63) is 47.5 Å². The van der Waals surface area contributed by atoms with Gasteiger partial charge >= 0.3 is 0 Å². The first-order valence-electron chi connectivity index (χ1n) is 9.51. The largest absolute Gasteiger partial charge is 0.507 e. The first kappa shape index (κ1) is 26.6. The molecule has 2 rings (SSSR count). The monoisotopic (exact) mass is 492 g/mol. The van der Waals surface area contributed by atoms with Gasteiger partial charge in [0.2, 0.25) is 0 Å². The van der Waals surface area contributed by atoms with Crippen molar-refractivity contribution in [2.24, 2.45) is 0 Å². The van der Waals surface area contributed by atoms with Gasteiger partial charge in [0.05, 0.1) is 11.1 Å². The minimum Gasteiger partial charge on any atom is -0.507 e. The molecule has 2 aromatic carbocycles. The van der Waals surface area contributed by atoms with E-state index in [0.717, 1.165) is 37.6 Å². The Morgan fingerprint density at radius 3 is 1.21 bits per heavy atom. The third-order valence-corrected chi connectivity index (χ3v) is 4.54. The fraction of sp³-hybridized carbons (Fsp3) is 0.364. The zero-order valence-electron chi connectivity index (χ0n) is 17.4. The van der Waals surface area contributed by atoms with Gasteiger partial charge in [-0.05, 0) is 52.0 Å². The zero-order valence-corrected chi connectivity index (χ0v) is 18.9. The van der Waals surface area contributed by atoms with E-state index in [1.54, 1.807) is 24.3 Å². The molecule has 0 aromatic heterocycles. The quantitative estimate of drug-likeness (QED) is 0.426. The van der Waals surface area contributed by atoms with Gasteiger partial charge in [0.15, 0.2) is 12.6 Å². The van der Waals surface area contributed by atoms with E-state index in [-0.39, 0.29) is 31.9 Å². The number of hydrogen-bond donors (Lipinski definition) is 2. The van der Waals surface area contributed by atoms with E-state index in [2.05, 4.69) is 9.80 Å². The number of benzene rings is 2. The average molecular weight is 493 g/mol. The average Bonchev–Trinajstić information content (AvgIpc) is 2.71. The Kier molecular flexibility index (Phi) is 12.6.